The van der Waals surface area contributed by atoms with Crippen molar-refractivity contribution in [1.82, 2.24) is 4.98 Å². The molecule has 0 fully saturated rings. The number of carbonyl (C=O) groups excluding carboxylic acids is 2. The quantitative estimate of drug-likeness (QED) is 0.556. The highest BCUT2D eigenvalue weighted by Gasteiger charge is 2.23. The van der Waals surface area contributed by atoms with Crippen LogP contribution in [0.1, 0.15) is 19.8 Å². The van der Waals surface area contributed by atoms with Gasteiger partial charge >= 0.3 is 11.9 Å². The minimum atomic E-state index is -0.510. The third-order valence-electron chi connectivity index (χ3n) is 3.24. The van der Waals surface area contributed by atoms with Gasteiger partial charge in [-0.05, 0) is 18.6 Å². The van der Waals surface area contributed by atoms with E-state index in [1.54, 1.807) is 7.11 Å². The van der Waals surface area contributed by atoms with Crippen molar-refractivity contribution in [3.05, 3.63) is 18.2 Å². The minimum absolute atomic E-state index is 0.0173. The van der Waals surface area contributed by atoms with E-state index in [2.05, 4.69) is 9.72 Å². The van der Waals surface area contributed by atoms with Crippen LogP contribution in [-0.2, 0) is 18.5 Å². The molecular formula is C15H17NO5S2. The van der Waals surface area contributed by atoms with Crippen molar-refractivity contribution in [3.63, 3.8) is 0 Å². The summed E-state index contributed by atoms with van der Waals surface area (Å²) >= 11 is 2.33. The lowest BCUT2D eigenvalue weighted by molar-refractivity contribution is -0.147. The first-order valence-corrected chi connectivity index (χ1v) is 8.53. The van der Waals surface area contributed by atoms with Gasteiger partial charge in [-0.1, -0.05) is 6.92 Å². The first kappa shape index (κ1) is 17.6. The Morgan fingerprint density at radius 1 is 1.35 bits per heavy atom. The van der Waals surface area contributed by atoms with E-state index in [9.17, 15) is 9.59 Å². The summed E-state index contributed by atoms with van der Waals surface area (Å²) in [4.78, 5) is 27.7. The first-order chi connectivity index (χ1) is 11.1. The average molecular weight is 355 g/mol. The Morgan fingerprint density at radius 2 is 2.13 bits per heavy atom. The van der Waals surface area contributed by atoms with Crippen molar-refractivity contribution < 1.29 is 23.2 Å². The standard InChI is InChI=1S/C15H17NO5S2/c1-4-9(7-13(17)20-3)14(18)21-23-15-16-11-8-10(19-2)5-6-12(11)22-15/h5-6,8-9H,4,7H2,1-3H3. The maximum atomic E-state index is 12.0. The second-order valence-electron chi connectivity index (χ2n) is 4.68. The molecule has 2 rings (SSSR count). The van der Waals surface area contributed by atoms with Gasteiger partial charge in [-0.3, -0.25) is 9.59 Å². The van der Waals surface area contributed by atoms with E-state index >= 15 is 0 Å². The lowest BCUT2D eigenvalue weighted by atomic mass is 10.0. The Kier molecular flexibility index (Phi) is 6.23. The molecular weight excluding hydrogens is 338 g/mol. The van der Waals surface area contributed by atoms with Gasteiger partial charge in [-0.2, -0.15) is 0 Å². The Bertz CT molecular complexity index is 700. The van der Waals surface area contributed by atoms with Gasteiger partial charge in [0.2, 0.25) is 0 Å². The van der Waals surface area contributed by atoms with Gasteiger partial charge in [0.05, 0.1) is 36.8 Å². The summed E-state index contributed by atoms with van der Waals surface area (Å²) in [6, 6.07) is 5.58. The summed E-state index contributed by atoms with van der Waals surface area (Å²) in [6.45, 7) is 1.82. The molecule has 1 atom stereocenters. The summed E-state index contributed by atoms with van der Waals surface area (Å²) < 4.78 is 16.5. The normalized spacial score (nSPS) is 12.0. The van der Waals surface area contributed by atoms with E-state index in [0.29, 0.717) is 10.8 Å². The van der Waals surface area contributed by atoms with E-state index in [-0.39, 0.29) is 6.42 Å². The van der Waals surface area contributed by atoms with Crippen LogP contribution in [0, 0.1) is 5.92 Å². The molecule has 0 saturated carbocycles. The first-order valence-electron chi connectivity index (χ1n) is 6.97. The lowest BCUT2D eigenvalue weighted by Crippen LogP contribution is -2.19. The van der Waals surface area contributed by atoms with Crippen LogP contribution in [0.3, 0.4) is 0 Å². The summed E-state index contributed by atoms with van der Waals surface area (Å²) in [7, 11) is 2.89. The minimum Gasteiger partial charge on any atom is -0.497 e. The Morgan fingerprint density at radius 3 is 2.78 bits per heavy atom. The number of carbonyl (C=O) groups is 2. The average Bonchev–Trinajstić information content (AvgIpc) is 2.98. The molecule has 1 unspecified atom stereocenters. The van der Waals surface area contributed by atoms with Gasteiger partial charge in [0, 0.05) is 6.07 Å². The molecule has 0 saturated heterocycles. The van der Waals surface area contributed by atoms with Crippen molar-refractivity contribution in [2.75, 3.05) is 14.2 Å². The number of fused-ring (bicyclic) bond motifs is 1. The molecule has 2 aromatic rings. The van der Waals surface area contributed by atoms with Crippen LogP contribution >= 0.6 is 23.4 Å². The van der Waals surface area contributed by atoms with E-state index in [1.807, 2.05) is 25.1 Å². The molecule has 1 heterocycles. The van der Waals surface area contributed by atoms with E-state index in [0.717, 1.165) is 28.0 Å². The summed E-state index contributed by atoms with van der Waals surface area (Å²) in [5.41, 5.74) is 0.787. The number of thiazole rings is 1. The number of hydrogen-bond donors (Lipinski definition) is 0. The number of esters is 1. The van der Waals surface area contributed by atoms with Crippen LogP contribution in [0.5, 0.6) is 5.75 Å². The summed E-state index contributed by atoms with van der Waals surface area (Å²) in [5.74, 6) is -0.657. The monoisotopic (exact) mass is 355 g/mol. The summed E-state index contributed by atoms with van der Waals surface area (Å²) in [6.07, 6.45) is 0.523. The Labute approximate surface area is 142 Å². The molecule has 0 aliphatic heterocycles. The van der Waals surface area contributed by atoms with E-state index < -0.39 is 17.9 Å². The molecule has 124 valence electrons. The van der Waals surface area contributed by atoms with Crippen molar-refractivity contribution >= 4 is 45.5 Å². The van der Waals surface area contributed by atoms with Crippen LogP contribution in [0.4, 0.5) is 0 Å². The molecule has 23 heavy (non-hydrogen) atoms. The van der Waals surface area contributed by atoms with Gasteiger partial charge in [0.1, 0.15) is 17.8 Å². The van der Waals surface area contributed by atoms with Crippen molar-refractivity contribution in [1.29, 1.82) is 0 Å². The predicted octanol–water partition coefficient (Wildman–Crippen LogP) is 3.44. The summed E-state index contributed by atoms with van der Waals surface area (Å²) in [5, 5.41) is 0. The highest BCUT2D eigenvalue weighted by Crippen LogP contribution is 2.32. The zero-order valence-corrected chi connectivity index (χ0v) is 14.7. The molecule has 0 N–H and O–H groups in total. The number of benzene rings is 1. The number of nitrogens with zero attached hydrogens (tertiary/aromatic N) is 1. The van der Waals surface area contributed by atoms with Crippen LogP contribution in [0.15, 0.2) is 22.5 Å². The maximum Gasteiger partial charge on any atom is 0.321 e. The zero-order chi connectivity index (χ0) is 16.8. The fourth-order valence-corrected chi connectivity index (χ4v) is 3.48. The Balaban J connectivity index is 1.99. The van der Waals surface area contributed by atoms with Gasteiger partial charge < -0.3 is 13.7 Å². The van der Waals surface area contributed by atoms with Gasteiger partial charge in [0.15, 0.2) is 4.34 Å². The van der Waals surface area contributed by atoms with Crippen molar-refractivity contribution in [2.45, 2.75) is 24.1 Å². The van der Waals surface area contributed by atoms with Crippen LogP contribution in [0.2, 0.25) is 0 Å². The second-order valence-corrected chi connectivity index (χ2v) is 6.69. The molecule has 6 nitrogen and oxygen atoms in total. The van der Waals surface area contributed by atoms with Crippen molar-refractivity contribution in [3.8, 4) is 5.75 Å². The van der Waals surface area contributed by atoms with Gasteiger partial charge in [-0.25, -0.2) is 4.98 Å². The molecule has 1 aromatic heterocycles. The molecule has 1 aromatic carbocycles. The molecule has 0 aliphatic rings. The van der Waals surface area contributed by atoms with Crippen LogP contribution < -0.4 is 4.74 Å². The zero-order valence-electron chi connectivity index (χ0n) is 13.0. The SMILES string of the molecule is CCC(CC(=O)OC)C(=O)OSc1nc2cc(OC)ccc2s1. The highest BCUT2D eigenvalue weighted by molar-refractivity contribution is 7.97. The predicted molar refractivity (Wildman–Crippen MR) is 88.5 cm³/mol. The lowest BCUT2D eigenvalue weighted by Gasteiger charge is -2.10. The number of ether oxygens (including phenoxy) is 2. The number of rotatable bonds is 7. The molecule has 0 spiro atoms. The molecule has 0 aliphatic carbocycles. The van der Waals surface area contributed by atoms with Gasteiger partial charge in [0.25, 0.3) is 0 Å². The molecule has 0 bridgehead atoms. The number of methoxy groups -OCH3 is 2. The second kappa shape index (κ2) is 8.16. The number of aromatic nitrogens is 1. The third-order valence-corrected chi connectivity index (χ3v) is 5.00. The molecule has 0 amide bonds. The maximum absolute atomic E-state index is 12.0. The fraction of sp³-hybridized carbons (Fsp3) is 0.400. The fourth-order valence-electron chi connectivity index (χ4n) is 1.87. The number of hydrogen-bond acceptors (Lipinski definition) is 8. The van der Waals surface area contributed by atoms with Gasteiger partial charge in [-0.15, -0.1) is 11.3 Å². The van der Waals surface area contributed by atoms with E-state index in [1.165, 1.54) is 18.4 Å². The third kappa shape index (κ3) is 4.59. The van der Waals surface area contributed by atoms with Crippen molar-refractivity contribution in [2.24, 2.45) is 5.92 Å². The van der Waals surface area contributed by atoms with Crippen LogP contribution in [-0.4, -0.2) is 31.1 Å². The molecule has 0 radical (unpaired) electrons. The van der Waals surface area contributed by atoms with Crippen LogP contribution in [0.25, 0.3) is 10.2 Å². The molecule has 8 heteroatoms. The van der Waals surface area contributed by atoms with E-state index in [4.69, 9.17) is 8.92 Å². The smallest absolute Gasteiger partial charge is 0.321 e. The Hall–Kier alpha value is -1.80. The largest absolute Gasteiger partial charge is 0.497 e. The topological polar surface area (TPSA) is 74.7 Å². The highest BCUT2D eigenvalue weighted by atomic mass is 32.2.